The molecule has 0 radical (unpaired) electrons. The van der Waals surface area contributed by atoms with Crippen LogP contribution in [0.3, 0.4) is 0 Å². The Labute approximate surface area is 91.0 Å². The maximum absolute atomic E-state index is 11.5. The molecule has 80 valence electrons. The summed E-state index contributed by atoms with van der Waals surface area (Å²) in [6.45, 7) is 7.46. The molecule has 0 aliphatic rings. The molecular weight excluding hydrogens is 186 g/mol. The Balaban J connectivity index is 2.84. The number of hydrogen-bond acceptors (Lipinski definition) is 2. The Morgan fingerprint density at radius 2 is 2.00 bits per heavy atom. The summed E-state index contributed by atoms with van der Waals surface area (Å²) < 4.78 is 0. The molecule has 1 unspecified atom stereocenters. The summed E-state index contributed by atoms with van der Waals surface area (Å²) in [5.74, 6) is 0.107. The average Bonchev–Trinajstić information content (AvgIpc) is 2.26. The van der Waals surface area contributed by atoms with Gasteiger partial charge in [0.1, 0.15) is 6.04 Å². The molecule has 1 rings (SSSR count). The molecule has 0 bridgehead atoms. The topological polar surface area (TPSA) is 29.1 Å². The van der Waals surface area contributed by atoms with E-state index in [2.05, 4.69) is 11.9 Å². The predicted molar refractivity (Wildman–Crippen MR) is 62.4 cm³/mol. The van der Waals surface area contributed by atoms with Crippen LogP contribution in [0.4, 0.5) is 0 Å². The number of benzene rings is 1. The molecule has 0 saturated carbocycles. The summed E-state index contributed by atoms with van der Waals surface area (Å²) in [5.41, 5.74) is 1.87. The van der Waals surface area contributed by atoms with Crippen molar-refractivity contribution in [3.8, 4) is 0 Å². The van der Waals surface area contributed by atoms with E-state index in [0.29, 0.717) is 0 Å². The van der Waals surface area contributed by atoms with Gasteiger partial charge in [-0.25, -0.2) is 0 Å². The summed E-state index contributed by atoms with van der Waals surface area (Å²) in [6.07, 6.45) is 0.830. The maximum atomic E-state index is 11.5. The van der Waals surface area contributed by atoms with Gasteiger partial charge in [0, 0.05) is 5.70 Å². The van der Waals surface area contributed by atoms with E-state index in [9.17, 15) is 4.79 Å². The third kappa shape index (κ3) is 3.24. The molecule has 0 amide bonds. The van der Waals surface area contributed by atoms with Crippen molar-refractivity contribution in [3.63, 3.8) is 0 Å². The van der Waals surface area contributed by atoms with Crippen LogP contribution in [-0.4, -0.2) is 5.78 Å². The first-order valence-electron chi connectivity index (χ1n) is 5.15. The minimum Gasteiger partial charge on any atom is -0.376 e. The van der Waals surface area contributed by atoms with Crippen LogP contribution >= 0.6 is 0 Å². The standard InChI is InChI=1S/C13H17NO/c1-4-10(2)14-13(11(3)15)12-8-6-5-7-9-12/h5-9,13-14H,2,4H2,1,3H3. The second kappa shape index (κ2) is 5.35. The lowest BCUT2D eigenvalue weighted by atomic mass is 10.0. The van der Waals surface area contributed by atoms with Crippen LogP contribution < -0.4 is 5.32 Å². The molecule has 1 N–H and O–H groups in total. The van der Waals surface area contributed by atoms with Crippen LogP contribution in [0.1, 0.15) is 31.9 Å². The van der Waals surface area contributed by atoms with Gasteiger partial charge >= 0.3 is 0 Å². The van der Waals surface area contributed by atoms with Crippen LogP contribution in [0.25, 0.3) is 0 Å². The van der Waals surface area contributed by atoms with Gasteiger partial charge in [-0.2, -0.15) is 0 Å². The molecule has 0 aliphatic carbocycles. The summed E-state index contributed by atoms with van der Waals surface area (Å²) in [5, 5.41) is 3.14. The molecule has 2 heteroatoms. The molecule has 1 aromatic rings. The Bertz CT molecular complexity index is 343. The van der Waals surface area contributed by atoms with Gasteiger partial charge in [-0.05, 0) is 18.9 Å². The van der Waals surface area contributed by atoms with Crippen molar-refractivity contribution in [3.05, 3.63) is 48.2 Å². The second-order valence-corrected chi connectivity index (χ2v) is 3.56. The monoisotopic (exact) mass is 203 g/mol. The minimum absolute atomic E-state index is 0.107. The lowest BCUT2D eigenvalue weighted by Crippen LogP contribution is -2.25. The Hall–Kier alpha value is -1.57. The number of rotatable bonds is 5. The van der Waals surface area contributed by atoms with Crippen molar-refractivity contribution in [1.82, 2.24) is 5.32 Å². The molecule has 0 saturated heterocycles. The molecule has 0 heterocycles. The molecule has 0 fully saturated rings. The van der Waals surface area contributed by atoms with E-state index in [-0.39, 0.29) is 11.8 Å². The second-order valence-electron chi connectivity index (χ2n) is 3.56. The van der Waals surface area contributed by atoms with Crippen LogP contribution in [0, 0.1) is 0 Å². The molecule has 1 atom stereocenters. The van der Waals surface area contributed by atoms with E-state index in [1.807, 2.05) is 37.3 Å². The van der Waals surface area contributed by atoms with Gasteiger partial charge in [-0.3, -0.25) is 4.79 Å². The predicted octanol–water partition coefficient (Wildman–Crippen LogP) is 2.83. The molecule has 0 spiro atoms. The van der Waals surface area contributed by atoms with Crippen LogP contribution in [0.15, 0.2) is 42.6 Å². The fourth-order valence-electron chi connectivity index (χ4n) is 1.37. The van der Waals surface area contributed by atoms with Gasteiger partial charge in [-0.15, -0.1) is 0 Å². The number of allylic oxidation sites excluding steroid dienone is 1. The SMILES string of the molecule is C=C(CC)NC(C(C)=O)c1ccccc1. The summed E-state index contributed by atoms with van der Waals surface area (Å²) >= 11 is 0. The van der Waals surface area contributed by atoms with Gasteiger partial charge in [0.2, 0.25) is 0 Å². The zero-order valence-electron chi connectivity index (χ0n) is 9.29. The summed E-state index contributed by atoms with van der Waals surface area (Å²) in [7, 11) is 0. The summed E-state index contributed by atoms with van der Waals surface area (Å²) in [6, 6.07) is 9.43. The molecule has 1 aromatic carbocycles. The molecule has 0 aromatic heterocycles. The van der Waals surface area contributed by atoms with Gasteiger partial charge in [0.25, 0.3) is 0 Å². The summed E-state index contributed by atoms with van der Waals surface area (Å²) in [4.78, 5) is 11.5. The maximum Gasteiger partial charge on any atom is 0.156 e. The number of nitrogens with one attached hydrogen (secondary N) is 1. The van der Waals surface area contributed by atoms with Crippen molar-refractivity contribution in [2.75, 3.05) is 0 Å². The molecule has 0 aliphatic heterocycles. The average molecular weight is 203 g/mol. The highest BCUT2D eigenvalue weighted by molar-refractivity contribution is 5.83. The van der Waals surface area contributed by atoms with E-state index >= 15 is 0 Å². The quantitative estimate of drug-likeness (QED) is 0.797. The van der Waals surface area contributed by atoms with Gasteiger partial charge < -0.3 is 5.32 Å². The highest BCUT2D eigenvalue weighted by Gasteiger charge is 2.15. The first-order chi connectivity index (χ1) is 7.15. The zero-order chi connectivity index (χ0) is 11.3. The lowest BCUT2D eigenvalue weighted by molar-refractivity contribution is -0.118. The number of ketones is 1. The van der Waals surface area contributed by atoms with E-state index < -0.39 is 0 Å². The first kappa shape index (κ1) is 11.5. The van der Waals surface area contributed by atoms with Crippen molar-refractivity contribution in [2.24, 2.45) is 0 Å². The fourth-order valence-corrected chi connectivity index (χ4v) is 1.37. The number of hydrogen-bond donors (Lipinski definition) is 1. The number of carbonyl (C=O) groups is 1. The van der Waals surface area contributed by atoms with Gasteiger partial charge in [0.15, 0.2) is 5.78 Å². The Morgan fingerprint density at radius 1 is 1.40 bits per heavy atom. The van der Waals surface area contributed by atoms with Crippen LogP contribution in [0.5, 0.6) is 0 Å². The molecule has 2 nitrogen and oxygen atoms in total. The van der Waals surface area contributed by atoms with Crippen molar-refractivity contribution in [2.45, 2.75) is 26.3 Å². The van der Waals surface area contributed by atoms with E-state index in [1.54, 1.807) is 6.92 Å². The van der Waals surface area contributed by atoms with Gasteiger partial charge in [0.05, 0.1) is 0 Å². The Morgan fingerprint density at radius 3 is 2.47 bits per heavy atom. The van der Waals surface area contributed by atoms with Crippen molar-refractivity contribution in [1.29, 1.82) is 0 Å². The highest BCUT2D eigenvalue weighted by atomic mass is 16.1. The fraction of sp³-hybridized carbons (Fsp3) is 0.308. The van der Waals surface area contributed by atoms with Crippen molar-refractivity contribution < 1.29 is 4.79 Å². The lowest BCUT2D eigenvalue weighted by Gasteiger charge is -2.18. The Kier molecular flexibility index (Phi) is 4.10. The first-order valence-corrected chi connectivity index (χ1v) is 5.15. The van der Waals surface area contributed by atoms with E-state index in [1.165, 1.54) is 0 Å². The van der Waals surface area contributed by atoms with Crippen molar-refractivity contribution >= 4 is 5.78 Å². The van der Waals surface area contributed by atoms with Gasteiger partial charge in [-0.1, -0.05) is 43.8 Å². The zero-order valence-corrected chi connectivity index (χ0v) is 9.29. The number of carbonyl (C=O) groups excluding carboxylic acids is 1. The third-order valence-corrected chi connectivity index (χ3v) is 2.31. The third-order valence-electron chi connectivity index (χ3n) is 2.31. The highest BCUT2D eigenvalue weighted by Crippen LogP contribution is 2.15. The molecular formula is C13H17NO. The van der Waals surface area contributed by atoms with Crippen LogP contribution in [-0.2, 0) is 4.79 Å². The smallest absolute Gasteiger partial charge is 0.156 e. The minimum atomic E-state index is -0.265. The van der Waals surface area contributed by atoms with E-state index in [0.717, 1.165) is 17.7 Å². The number of Topliss-reactive ketones (excluding diaryl/α,β-unsaturated/α-hetero) is 1. The largest absolute Gasteiger partial charge is 0.376 e. The normalized spacial score (nSPS) is 11.9. The molecule has 15 heavy (non-hydrogen) atoms. The van der Waals surface area contributed by atoms with Crippen LogP contribution in [0.2, 0.25) is 0 Å². The van der Waals surface area contributed by atoms with E-state index in [4.69, 9.17) is 0 Å².